The zero-order chi connectivity index (χ0) is 15.4. The highest BCUT2D eigenvalue weighted by molar-refractivity contribution is 5.87. The molecule has 5 heteroatoms. The Hall–Kier alpha value is -2.69. The molecular formula is C16H16N2O3. The number of benzene rings is 2. The Morgan fingerprint density at radius 1 is 1.05 bits per heavy atom. The molecule has 0 radical (unpaired) electrons. The van der Waals surface area contributed by atoms with Crippen molar-refractivity contribution in [1.29, 1.82) is 0 Å². The van der Waals surface area contributed by atoms with Crippen LogP contribution in [0.3, 0.4) is 0 Å². The van der Waals surface area contributed by atoms with E-state index in [4.69, 9.17) is 0 Å². The maximum Gasteiger partial charge on any atom is 0.269 e. The molecule has 1 amide bonds. The van der Waals surface area contributed by atoms with Gasteiger partial charge in [-0.05, 0) is 11.1 Å². The maximum absolute atomic E-state index is 12.5. The van der Waals surface area contributed by atoms with Gasteiger partial charge in [-0.25, -0.2) is 0 Å². The van der Waals surface area contributed by atoms with E-state index in [1.807, 2.05) is 30.3 Å². The lowest BCUT2D eigenvalue weighted by molar-refractivity contribution is -0.384. The number of nitro groups is 1. The number of nitrogens with zero attached hydrogens (tertiary/aromatic N) is 2. The van der Waals surface area contributed by atoms with E-state index in [1.54, 1.807) is 26.2 Å². The first-order valence-electron chi connectivity index (χ1n) is 6.51. The summed E-state index contributed by atoms with van der Waals surface area (Å²) in [6.07, 6.45) is 0. The maximum atomic E-state index is 12.5. The van der Waals surface area contributed by atoms with E-state index >= 15 is 0 Å². The van der Waals surface area contributed by atoms with Gasteiger partial charge >= 0.3 is 0 Å². The van der Waals surface area contributed by atoms with E-state index in [9.17, 15) is 14.9 Å². The second-order valence-corrected chi connectivity index (χ2v) is 4.93. The van der Waals surface area contributed by atoms with E-state index < -0.39 is 10.8 Å². The van der Waals surface area contributed by atoms with Gasteiger partial charge in [0, 0.05) is 26.2 Å². The average Bonchev–Trinajstić information content (AvgIpc) is 2.48. The van der Waals surface area contributed by atoms with Crippen LogP contribution >= 0.6 is 0 Å². The van der Waals surface area contributed by atoms with Crippen LogP contribution in [0.1, 0.15) is 17.0 Å². The molecule has 0 aliphatic heterocycles. The molecule has 0 aliphatic rings. The van der Waals surface area contributed by atoms with Crippen molar-refractivity contribution in [1.82, 2.24) is 4.90 Å². The normalized spacial score (nSPS) is 11.7. The lowest BCUT2D eigenvalue weighted by Gasteiger charge is -2.21. The number of hydrogen-bond acceptors (Lipinski definition) is 3. The Labute approximate surface area is 123 Å². The molecule has 1 atom stereocenters. The third-order valence-corrected chi connectivity index (χ3v) is 3.23. The molecule has 0 saturated carbocycles. The molecule has 2 aromatic rings. The zero-order valence-corrected chi connectivity index (χ0v) is 11.9. The van der Waals surface area contributed by atoms with Crippen molar-refractivity contribution < 1.29 is 9.72 Å². The van der Waals surface area contributed by atoms with Gasteiger partial charge < -0.3 is 4.90 Å². The Kier molecular flexibility index (Phi) is 4.33. The number of non-ortho nitro benzene ring substituents is 1. The van der Waals surface area contributed by atoms with Gasteiger partial charge in [0.05, 0.1) is 10.8 Å². The summed E-state index contributed by atoms with van der Waals surface area (Å²) in [6.45, 7) is 0. The van der Waals surface area contributed by atoms with Crippen LogP contribution in [0.25, 0.3) is 0 Å². The number of amides is 1. The highest BCUT2D eigenvalue weighted by Gasteiger charge is 2.25. The summed E-state index contributed by atoms with van der Waals surface area (Å²) in [5.74, 6) is -0.650. The van der Waals surface area contributed by atoms with Crippen LogP contribution in [-0.2, 0) is 4.79 Å². The first-order chi connectivity index (χ1) is 10.0. The number of rotatable bonds is 4. The van der Waals surface area contributed by atoms with Crippen LogP contribution in [0.2, 0.25) is 0 Å². The van der Waals surface area contributed by atoms with E-state index in [-0.39, 0.29) is 11.6 Å². The fraction of sp³-hybridized carbons (Fsp3) is 0.188. The molecule has 21 heavy (non-hydrogen) atoms. The van der Waals surface area contributed by atoms with E-state index in [1.165, 1.54) is 17.0 Å². The Morgan fingerprint density at radius 3 is 2.24 bits per heavy atom. The third-order valence-electron chi connectivity index (χ3n) is 3.23. The van der Waals surface area contributed by atoms with Gasteiger partial charge in [0.2, 0.25) is 5.91 Å². The summed E-state index contributed by atoms with van der Waals surface area (Å²) in [5.41, 5.74) is 1.42. The smallest absolute Gasteiger partial charge is 0.269 e. The highest BCUT2D eigenvalue weighted by atomic mass is 16.6. The summed E-state index contributed by atoms with van der Waals surface area (Å²) in [4.78, 5) is 24.5. The molecule has 2 aromatic carbocycles. The van der Waals surface area contributed by atoms with Crippen LogP contribution in [0.15, 0.2) is 54.6 Å². The van der Waals surface area contributed by atoms with Crippen molar-refractivity contribution in [3.63, 3.8) is 0 Å². The van der Waals surface area contributed by atoms with Crippen LogP contribution in [-0.4, -0.2) is 29.8 Å². The summed E-state index contributed by atoms with van der Waals surface area (Å²) in [5, 5.41) is 10.9. The topological polar surface area (TPSA) is 63.5 Å². The number of carbonyl (C=O) groups excluding carboxylic acids is 1. The molecule has 0 heterocycles. The standard InChI is InChI=1S/C16H16N2O3/c1-17(2)16(19)15(12-7-4-3-5-8-12)13-9-6-10-14(11-13)18(20)21/h3-11,15H,1-2H3. The molecule has 0 aliphatic carbocycles. The van der Waals surface area contributed by atoms with Gasteiger partial charge in [-0.15, -0.1) is 0 Å². The summed E-state index contributed by atoms with van der Waals surface area (Å²) in [6, 6.07) is 15.5. The minimum atomic E-state index is -0.541. The van der Waals surface area contributed by atoms with Crippen molar-refractivity contribution in [2.45, 2.75) is 5.92 Å². The van der Waals surface area contributed by atoms with Gasteiger partial charge in [-0.2, -0.15) is 0 Å². The first kappa shape index (κ1) is 14.7. The third kappa shape index (κ3) is 3.25. The molecule has 1 unspecified atom stereocenters. The number of nitro benzene ring substituents is 1. The van der Waals surface area contributed by atoms with Crippen LogP contribution < -0.4 is 0 Å². The van der Waals surface area contributed by atoms with Crippen LogP contribution in [0.4, 0.5) is 5.69 Å². The molecule has 5 nitrogen and oxygen atoms in total. The molecular weight excluding hydrogens is 268 g/mol. The first-order valence-corrected chi connectivity index (χ1v) is 6.51. The van der Waals surface area contributed by atoms with Crippen LogP contribution in [0.5, 0.6) is 0 Å². The molecule has 0 saturated heterocycles. The molecule has 2 rings (SSSR count). The monoisotopic (exact) mass is 284 g/mol. The quantitative estimate of drug-likeness (QED) is 0.640. The van der Waals surface area contributed by atoms with Crippen molar-refractivity contribution in [3.8, 4) is 0 Å². The van der Waals surface area contributed by atoms with Gasteiger partial charge in [-0.3, -0.25) is 14.9 Å². The SMILES string of the molecule is CN(C)C(=O)C(c1ccccc1)c1cccc([N+](=O)[O-])c1. The van der Waals surface area contributed by atoms with Gasteiger partial charge in [0.15, 0.2) is 0 Å². The largest absolute Gasteiger partial charge is 0.348 e. The number of hydrogen-bond donors (Lipinski definition) is 0. The zero-order valence-electron chi connectivity index (χ0n) is 11.9. The molecule has 0 fully saturated rings. The highest BCUT2D eigenvalue weighted by Crippen LogP contribution is 2.28. The van der Waals surface area contributed by atoms with E-state index in [2.05, 4.69) is 0 Å². The predicted octanol–water partition coefficient (Wildman–Crippen LogP) is 2.81. The average molecular weight is 284 g/mol. The van der Waals surface area contributed by atoms with Crippen molar-refractivity contribution in [2.75, 3.05) is 14.1 Å². The lowest BCUT2D eigenvalue weighted by Crippen LogP contribution is -2.29. The summed E-state index contributed by atoms with van der Waals surface area (Å²) < 4.78 is 0. The Bertz CT molecular complexity index is 654. The van der Waals surface area contributed by atoms with E-state index in [0.29, 0.717) is 5.56 Å². The Balaban J connectivity index is 2.52. The molecule has 108 valence electrons. The lowest BCUT2D eigenvalue weighted by atomic mass is 9.90. The summed E-state index contributed by atoms with van der Waals surface area (Å²) >= 11 is 0. The fourth-order valence-electron chi connectivity index (χ4n) is 2.20. The van der Waals surface area contributed by atoms with Gasteiger partial charge in [0.25, 0.3) is 5.69 Å². The minimum Gasteiger partial charge on any atom is -0.348 e. The fourth-order valence-corrected chi connectivity index (χ4v) is 2.20. The molecule has 0 N–H and O–H groups in total. The predicted molar refractivity (Wildman–Crippen MR) is 80.1 cm³/mol. The summed E-state index contributed by atoms with van der Waals surface area (Å²) in [7, 11) is 3.35. The second kappa shape index (κ2) is 6.17. The van der Waals surface area contributed by atoms with Crippen molar-refractivity contribution in [3.05, 3.63) is 75.8 Å². The molecule has 0 bridgehead atoms. The van der Waals surface area contributed by atoms with Crippen molar-refractivity contribution in [2.24, 2.45) is 0 Å². The van der Waals surface area contributed by atoms with Gasteiger partial charge in [0.1, 0.15) is 0 Å². The molecule has 0 spiro atoms. The van der Waals surface area contributed by atoms with E-state index in [0.717, 1.165) is 5.56 Å². The number of likely N-dealkylation sites (N-methyl/N-ethyl adjacent to an activating group) is 1. The van der Waals surface area contributed by atoms with Crippen LogP contribution in [0, 0.1) is 10.1 Å². The second-order valence-electron chi connectivity index (χ2n) is 4.93. The number of carbonyl (C=O) groups is 1. The van der Waals surface area contributed by atoms with Crippen molar-refractivity contribution >= 4 is 11.6 Å². The Morgan fingerprint density at radius 2 is 1.67 bits per heavy atom. The van der Waals surface area contributed by atoms with Gasteiger partial charge in [-0.1, -0.05) is 42.5 Å². The minimum absolute atomic E-state index is 0.0139. The molecule has 0 aromatic heterocycles.